The molecule has 41 heavy (non-hydrogen) atoms. The highest BCUT2D eigenvalue weighted by Crippen LogP contribution is 2.39. The van der Waals surface area contributed by atoms with Crippen LogP contribution in [0.5, 0.6) is 0 Å². The number of hydrogen-bond donors (Lipinski definition) is 1. The van der Waals surface area contributed by atoms with Crippen molar-refractivity contribution in [3.05, 3.63) is 118 Å². The van der Waals surface area contributed by atoms with Gasteiger partial charge < -0.3 is 15.0 Å². The van der Waals surface area contributed by atoms with Crippen LogP contribution < -0.4 is 5.32 Å². The lowest BCUT2D eigenvalue weighted by molar-refractivity contribution is -0.140. The number of carbonyl (C=O) groups excluding carboxylic acids is 3. The van der Waals surface area contributed by atoms with E-state index < -0.39 is 23.6 Å². The minimum atomic E-state index is -4.50. The quantitative estimate of drug-likeness (QED) is 0.315. The van der Waals surface area contributed by atoms with Gasteiger partial charge in [0.2, 0.25) is 5.91 Å². The molecule has 0 aromatic heterocycles. The highest BCUT2D eigenvalue weighted by molar-refractivity contribution is 5.96. The molecule has 0 fully saturated rings. The zero-order valence-corrected chi connectivity index (χ0v) is 23.0. The second-order valence-electron chi connectivity index (χ2n) is 9.88. The lowest BCUT2D eigenvalue weighted by Gasteiger charge is -2.34. The molecular formula is C32H31F3N2O4. The Morgan fingerprint density at radius 3 is 2.22 bits per heavy atom. The number of ether oxygens (including phenoxy) is 1. The molecule has 9 heteroatoms. The van der Waals surface area contributed by atoms with Crippen LogP contribution in [-0.4, -0.2) is 29.3 Å². The Kier molecular flexibility index (Phi) is 8.95. The van der Waals surface area contributed by atoms with Crippen molar-refractivity contribution in [1.82, 2.24) is 10.2 Å². The second-order valence-corrected chi connectivity index (χ2v) is 9.88. The molecule has 2 amide bonds. The summed E-state index contributed by atoms with van der Waals surface area (Å²) in [5.74, 6) is -1.87. The number of alkyl halides is 3. The first-order valence-electron chi connectivity index (χ1n) is 13.3. The molecule has 2 atom stereocenters. The summed E-state index contributed by atoms with van der Waals surface area (Å²) in [7, 11) is 0. The second kappa shape index (κ2) is 12.4. The van der Waals surface area contributed by atoms with E-state index in [9.17, 15) is 27.6 Å². The highest BCUT2D eigenvalue weighted by Gasteiger charge is 2.37. The molecule has 0 saturated carbocycles. The molecule has 0 unspecified atom stereocenters. The number of esters is 1. The molecule has 0 saturated heterocycles. The maximum Gasteiger partial charge on any atom is 0.416 e. The minimum Gasteiger partial charge on any atom is -0.463 e. The molecule has 1 aliphatic heterocycles. The van der Waals surface area contributed by atoms with Crippen molar-refractivity contribution >= 4 is 17.8 Å². The molecule has 4 rings (SSSR count). The van der Waals surface area contributed by atoms with Crippen molar-refractivity contribution in [3.8, 4) is 0 Å². The number of benzene rings is 3. The molecule has 0 radical (unpaired) electrons. The van der Waals surface area contributed by atoms with E-state index in [1.807, 2.05) is 37.3 Å². The Balaban J connectivity index is 1.54. The highest BCUT2D eigenvalue weighted by atomic mass is 19.4. The summed E-state index contributed by atoms with van der Waals surface area (Å²) in [4.78, 5) is 40.5. The molecule has 1 aliphatic rings. The third-order valence-electron chi connectivity index (χ3n) is 7.16. The van der Waals surface area contributed by atoms with Crippen molar-refractivity contribution < 1.29 is 32.3 Å². The maximum atomic E-state index is 13.3. The summed E-state index contributed by atoms with van der Waals surface area (Å²) >= 11 is 0. The lowest BCUT2D eigenvalue weighted by Crippen LogP contribution is -2.38. The summed E-state index contributed by atoms with van der Waals surface area (Å²) in [5.41, 5.74) is 2.41. The Labute approximate surface area is 236 Å². The number of nitrogens with zero attached hydrogens (tertiary/aromatic N) is 1. The number of allylic oxidation sites excluding steroid dienone is 1. The van der Waals surface area contributed by atoms with Gasteiger partial charge in [-0.2, -0.15) is 13.2 Å². The van der Waals surface area contributed by atoms with Crippen LogP contribution in [0.3, 0.4) is 0 Å². The average Bonchev–Trinajstić information content (AvgIpc) is 2.95. The van der Waals surface area contributed by atoms with Crippen LogP contribution in [0.4, 0.5) is 13.2 Å². The maximum absolute atomic E-state index is 13.3. The molecule has 1 N–H and O–H groups in total. The van der Waals surface area contributed by atoms with Crippen molar-refractivity contribution in [2.24, 2.45) is 0 Å². The Morgan fingerprint density at radius 2 is 1.63 bits per heavy atom. The Bertz CT molecular complexity index is 1430. The van der Waals surface area contributed by atoms with Crippen LogP contribution in [0, 0.1) is 0 Å². The average molecular weight is 565 g/mol. The molecule has 1 heterocycles. The molecule has 3 aromatic rings. The fourth-order valence-corrected chi connectivity index (χ4v) is 4.92. The summed E-state index contributed by atoms with van der Waals surface area (Å²) in [6.45, 7) is 5.45. The summed E-state index contributed by atoms with van der Waals surface area (Å²) in [5, 5.41) is 2.97. The van der Waals surface area contributed by atoms with Crippen LogP contribution in [0.1, 0.15) is 71.8 Å². The van der Waals surface area contributed by atoms with Gasteiger partial charge in [0.15, 0.2) is 0 Å². The van der Waals surface area contributed by atoms with Gasteiger partial charge in [0, 0.05) is 23.6 Å². The number of rotatable bonds is 8. The van der Waals surface area contributed by atoms with E-state index in [0.29, 0.717) is 16.8 Å². The first kappa shape index (κ1) is 29.6. The molecule has 3 aromatic carbocycles. The van der Waals surface area contributed by atoms with Gasteiger partial charge in [-0.1, -0.05) is 54.6 Å². The van der Waals surface area contributed by atoms with Gasteiger partial charge in [-0.3, -0.25) is 9.59 Å². The first-order chi connectivity index (χ1) is 19.5. The van der Waals surface area contributed by atoms with E-state index in [1.165, 1.54) is 17.0 Å². The number of amides is 2. The SMILES string of the molecule is CCOC(=O)C1=C(C)N(Cc2ccc(C(=O)N[C@H](C)c3ccccc3)cc2)C(=O)C[C@H]1c1ccc(C(F)(F)F)cc1. The molecule has 214 valence electrons. The van der Waals surface area contributed by atoms with Crippen LogP contribution in [0.15, 0.2) is 90.1 Å². The molecule has 0 spiro atoms. The predicted molar refractivity (Wildman–Crippen MR) is 147 cm³/mol. The van der Waals surface area contributed by atoms with Crippen LogP contribution in [0.25, 0.3) is 0 Å². The Morgan fingerprint density at radius 1 is 1.00 bits per heavy atom. The number of hydrogen-bond acceptors (Lipinski definition) is 4. The van der Waals surface area contributed by atoms with E-state index in [1.54, 1.807) is 38.1 Å². The predicted octanol–water partition coefficient (Wildman–Crippen LogP) is 6.55. The van der Waals surface area contributed by atoms with Gasteiger partial charge in [0.05, 0.1) is 30.3 Å². The normalized spacial score (nSPS) is 16.4. The third-order valence-corrected chi connectivity index (χ3v) is 7.16. The summed E-state index contributed by atoms with van der Waals surface area (Å²) in [6.07, 6.45) is -4.60. The van der Waals surface area contributed by atoms with Crippen molar-refractivity contribution in [1.29, 1.82) is 0 Å². The third kappa shape index (κ3) is 6.85. The van der Waals surface area contributed by atoms with E-state index in [4.69, 9.17) is 4.74 Å². The van der Waals surface area contributed by atoms with Gasteiger partial charge in [0.25, 0.3) is 5.91 Å². The van der Waals surface area contributed by atoms with Gasteiger partial charge in [0.1, 0.15) is 0 Å². The number of halogens is 3. The zero-order valence-electron chi connectivity index (χ0n) is 23.0. The van der Waals surface area contributed by atoms with Crippen LogP contribution >= 0.6 is 0 Å². The fourth-order valence-electron chi connectivity index (χ4n) is 4.92. The minimum absolute atomic E-state index is 0.102. The number of nitrogens with one attached hydrogen (secondary N) is 1. The van der Waals surface area contributed by atoms with Crippen LogP contribution in [0.2, 0.25) is 0 Å². The monoisotopic (exact) mass is 564 g/mol. The summed E-state index contributed by atoms with van der Waals surface area (Å²) in [6, 6.07) is 20.7. The smallest absolute Gasteiger partial charge is 0.416 e. The standard InChI is InChI=1S/C32H31F3N2O4/c1-4-41-31(40)29-21(3)37(28(38)18-27(29)24-14-16-26(17-15-24)32(33,34)35)19-22-10-12-25(13-11-22)30(39)36-20(2)23-8-6-5-7-9-23/h5-17,20,27H,4,18-19H2,1-3H3,(H,36,39)/t20-,27+/m1/s1. The largest absolute Gasteiger partial charge is 0.463 e. The Hall–Kier alpha value is -4.40. The molecular weight excluding hydrogens is 533 g/mol. The summed E-state index contributed by atoms with van der Waals surface area (Å²) < 4.78 is 44.5. The topological polar surface area (TPSA) is 75.7 Å². The van der Waals surface area contributed by atoms with E-state index in [2.05, 4.69) is 5.32 Å². The van der Waals surface area contributed by atoms with Gasteiger partial charge in [-0.05, 0) is 61.7 Å². The van der Waals surface area contributed by atoms with Crippen LogP contribution in [-0.2, 0) is 27.0 Å². The number of carbonyl (C=O) groups is 3. The van der Waals surface area contributed by atoms with Gasteiger partial charge in [-0.25, -0.2) is 4.79 Å². The van der Waals surface area contributed by atoms with E-state index >= 15 is 0 Å². The zero-order chi connectivity index (χ0) is 29.7. The molecule has 0 aliphatic carbocycles. The fraction of sp³-hybridized carbons (Fsp3) is 0.281. The molecule has 6 nitrogen and oxygen atoms in total. The van der Waals surface area contributed by atoms with Gasteiger partial charge >= 0.3 is 12.1 Å². The molecule has 0 bridgehead atoms. The van der Waals surface area contributed by atoms with Crippen molar-refractivity contribution in [2.75, 3.05) is 6.61 Å². The van der Waals surface area contributed by atoms with E-state index in [-0.39, 0.29) is 43.0 Å². The lowest BCUT2D eigenvalue weighted by atomic mass is 9.83. The van der Waals surface area contributed by atoms with Gasteiger partial charge in [-0.15, -0.1) is 0 Å². The first-order valence-corrected chi connectivity index (χ1v) is 13.3. The van der Waals surface area contributed by atoms with E-state index in [0.717, 1.165) is 23.3 Å². The van der Waals surface area contributed by atoms with Crippen molar-refractivity contribution in [3.63, 3.8) is 0 Å². The van der Waals surface area contributed by atoms with Crippen molar-refractivity contribution in [2.45, 2.75) is 51.9 Å².